The summed E-state index contributed by atoms with van der Waals surface area (Å²) in [5.41, 5.74) is 0. The number of halogens is 1. The normalized spacial score (nSPS) is 11.0. The van der Waals surface area contributed by atoms with Gasteiger partial charge in [-0.3, -0.25) is 0 Å². The number of nitrogens with zero attached hydrogens (tertiary/aromatic N) is 2. The molecule has 2 aromatic heterocycles. The van der Waals surface area contributed by atoms with E-state index in [2.05, 4.69) is 28.7 Å². The van der Waals surface area contributed by atoms with Crippen LogP contribution in [0.1, 0.15) is 24.8 Å². The molecule has 0 unspecified atom stereocenters. The smallest absolute Gasteiger partial charge is 0.203 e. The van der Waals surface area contributed by atoms with Gasteiger partial charge in [0, 0.05) is 23.3 Å². The molecule has 0 aliphatic carbocycles. The number of thiophene rings is 1. The average molecular weight is 256 g/mol. The van der Waals surface area contributed by atoms with Crippen molar-refractivity contribution >= 4 is 28.9 Å². The third kappa shape index (κ3) is 2.57. The van der Waals surface area contributed by atoms with Crippen LogP contribution < -0.4 is 5.32 Å². The van der Waals surface area contributed by atoms with E-state index >= 15 is 0 Å². The van der Waals surface area contributed by atoms with Crippen LogP contribution in [0.5, 0.6) is 0 Å². The van der Waals surface area contributed by atoms with E-state index in [0.29, 0.717) is 6.04 Å². The van der Waals surface area contributed by atoms with Gasteiger partial charge >= 0.3 is 0 Å². The summed E-state index contributed by atoms with van der Waals surface area (Å²) in [6.07, 6.45) is 3.79. The number of nitrogens with one attached hydrogen (secondary N) is 1. The van der Waals surface area contributed by atoms with Crippen molar-refractivity contribution in [3.05, 3.63) is 33.7 Å². The predicted octanol–water partition coefficient (Wildman–Crippen LogP) is 3.79. The maximum atomic E-state index is 5.87. The summed E-state index contributed by atoms with van der Waals surface area (Å²) < 4.78 is 2.93. The highest BCUT2D eigenvalue weighted by atomic mass is 35.5. The lowest BCUT2D eigenvalue weighted by Crippen LogP contribution is -2.08. The molecule has 0 saturated carbocycles. The number of imidazole rings is 1. The van der Waals surface area contributed by atoms with E-state index in [9.17, 15) is 0 Å². The van der Waals surface area contributed by atoms with Crippen LogP contribution in [0, 0.1) is 0 Å². The molecule has 0 saturated heterocycles. The molecule has 5 heteroatoms. The maximum absolute atomic E-state index is 5.87. The minimum atomic E-state index is 0.414. The monoisotopic (exact) mass is 255 g/mol. The molecular weight excluding hydrogens is 242 g/mol. The third-order valence-corrected chi connectivity index (χ3v) is 3.51. The van der Waals surface area contributed by atoms with Gasteiger partial charge in [-0.25, -0.2) is 4.98 Å². The Hall–Kier alpha value is -1.000. The van der Waals surface area contributed by atoms with Gasteiger partial charge in [0.05, 0.1) is 10.9 Å². The lowest BCUT2D eigenvalue weighted by atomic mass is 10.4. The lowest BCUT2D eigenvalue weighted by molar-refractivity contribution is 0.605. The molecule has 2 rings (SSSR count). The van der Waals surface area contributed by atoms with Crippen molar-refractivity contribution in [2.45, 2.75) is 26.4 Å². The average Bonchev–Trinajstić information content (AvgIpc) is 2.83. The van der Waals surface area contributed by atoms with Crippen LogP contribution in [-0.4, -0.2) is 9.55 Å². The van der Waals surface area contributed by atoms with Crippen molar-refractivity contribution < 1.29 is 0 Å². The molecule has 0 atom stereocenters. The van der Waals surface area contributed by atoms with Crippen molar-refractivity contribution in [2.75, 3.05) is 5.32 Å². The standard InChI is InChI=1S/C11H14ClN3S/c1-8(2)15-6-5-13-11(15)14-7-9-3-4-10(12)16-9/h3-6,8H,7H2,1-2H3,(H,13,14). The largest absolute Gasteiger partial charge is 0.351 e. The topological polar surface area (TPSA) is 29.9 Å². The van der Waals surface area contributed by atoms with Crippen molar-refractivity contribution in [3.8, 4) is 0 Å². The first-order valence-corrected chi connectivity index (χ1v) is 6.37. The Morgan fingerprint density at radius 2 is 2.31 bits per heavy atom. The molecule has 0 fully saturated rings. The first-order valence-electron chi connectivity index (χ1n) is 5.17. The Bertz CT molecular complexity index is 461. The number of aromatic nitrogens is 2. The maximum Gasteiger partial charge on any atom is 0.203 e. The van der Waals surface area contributed by atoms with Gasteiger partial charge in [0.2, 0.25) is 5.95 Å². The van der Waals surface area contributed by atoms with Crippen LogP contribution in [-0.2, 0) is 6.54 Å². The first kappa shape index (κ1) is 11.5. The van der Waals surface area contributed by atoms with E-state index in [-0.39, 0.29) is 0 Å². The van der Waals surface area contributed by atoms with E-state index in [1.165, 1.54) is 4.88 Å². The number of anilines is 1. The summed E-state index contributed by atoms with van der Waals surface area (Å²) >= 11 is 7.46. The molecule has 0 amide bonds. The SMILES string of the molecule is CC(C)n1ccnc1NCc1ccc(Cl)s1. The van der Waals surface area contributed by atoms with Gasteiger partial charge in [0.25, 0.3) is 0 Å². The van der Waals surface area contributed by atoms with Gasteiger partial charge in [-0.15, -0.1) is 11.3 Å². The van der Waals surface area contributed by atoms with Gasteiger partial charge in [0.15, 0.2) is 0 Å². The summed E-state index contributed by atoms with van der Waals surface area (Å²) in [5, 5.41) is 3.31. The second kappa shape index (κ2) is 4.89. The summed E-state index contributed by atoms with van der Waals surface area (Å²) in [5.74, 6) is 0.902. The quantitative estimate of drug-likeness (QED) is 0.901. The molecule has 0 aliphatic rings. The number of hydrogen-bond donors (Lipinski definition) is 1. The van der Waals surface area contributed by atoms with E-state index < -0.39 is 0 Å². The summed E-state index contributed by atoms with van der Waals surface area (Å²) in [4.78, 5) is 5.49. The van der Waals surface area contributed by atoms with Crippen LogP contribution in [0.15, 0.2) is 24.5 Å². The molecule has 0 radical (unpaired) electrons. The highest BCUT2D eigenvalue weighted by molar-refractivity contribution is 7.16. The van der Waals surface area contributed by atoms with Crippen LogP contribution in [0.25, 0.3) is 0 Å². The minimum absolute atomic E-state index is 0.414. The zero-order valence-electron chi connectivity index (χ0n) is 9.27. The summed E-state index contributed by atoms with van der Waals surface area (Å²) in [6, 6.07) is 4.36. The Morgan fingerprint density at radius 3 is 2.94 bits per heavy atom. The Balaban J connectivity index is 2.02. The molecule has 0 bridgehead atoms. The van der Waals surface area contributed by atoms with E-state index in [4.69, 9.17) is 11.6 Å². The Kier molecular flexibility index (Phi) is 3.51. The second-order valence-corrected chi connectivity index (χ2v) is 5.61. The van der Waals surface area contributed by atoms with Crippen molar-refractivity contribution in [1.82, 2.24) is 9.55 Å². The molecule has 1 N–H and O–H groups in total. The molecule has 3 nitrogen and oxygen atoms in total. The number of rotatable bonds is 4. The van der Waals surface area contributed by atoms with E-state index in [0.717, 1.165) is 16.8 Å². The zero-order chi connectivity index (χ0) is 11.5. The molecule has 0 spiro atoms. The lowest BCUT2D eigenvalue weighted by Gasteiger charge is -2.11. The fourth-order valence-electron chi connectivity index (χ4n) is 1.48. The van der Waals surface area contributed by atoms with Gasteiger partial charge in [-0.1, -0.05) is 11.6 Å². The van der Waals surface area contributed by atoms with Crippen LogP contribution >= 0.6 is 22.9 Å². The van der Waals surface area contributed by atoms with Gasteiger partial charge in [-0.2, -0.15) is 0 Å². The molecule has 0 aromatic carbocycles. The first-order chi connectivity index (χ1) is 7.66. The third-order valence-electron chi connectivity index (χ3n) is 2.27. The van der Waals surface area contributed by atoms with Crippen molar-refractivity contribution in [3.63, 3.8) is 0 Å². The highest BCUT2D eigenvalue weighted by Crippen LogP contribution is 2.22. The fourth-order valence-corrected chi connectivity index (χ4v) is 2.51. The molecule has 2 heterocycles. The summed E-state index contributed by atoms with van der Waals surface area (Å²) in [7, 11) is 0. The highest BCUT2D eigenvalue weighted by Gasteiger charge is 2.05. The van der Waals surface area contributed by atoms with Crippen LogP contribution in [0.3, 0.4) is 0 Å². The fraction of sp³-hybridized carbons (Fsp3) is 0.364. The zero-order valence-corrected chi connectivity index (χ0v) is 10.8. The van der Waals surface area contributed by atoms with Crippen molar-refractivity contribution in [2.24, 2.45) is 0 Å². The molecule has 16 heavy (non-hydrogen) atoms. The van der Waals surface area contributed by atoms with Crippen LogP contribution in [0.4, 0.5) is 5.95 Å². The molecule has 2 aromatic rings. The summed E-state index contributed by atoms with van der Waals surface area (Å²) in [6.45, 7) is 5.03. The molecule has 0 aliphatic heterocycles. The number of hydrogen-bond acceptors (Lipinski definition) is 3. The Morgan fingerprint density at radius 1 is 1.50 bits per heavy atom. The van der Waals surface area contributed by atoms with Crippen molar-refractivity contribution in [1.29, 1.82) is 0 Å². The Labute approximate surface area is 104 Å². The predicted molar refractivity (Wildman–Crippen MR) is 69.3 cm³/mol. The molecular formula is C11H14ClN3S. The van der Waals surface area contributed by atoms with E-state index in [1.54, 1.807) is 11.3 Å². The van der Waals surface area contributed by atoms with E-state index in [1.807, 2.05) is 24.5 Å². The second-order valence-electron chi connectivity index (χ2n) is 3.81. The van der Waals surface area contributed by atoms with Crippen LogP contribution in [0.2, 0.25) is 4.34 Å². The minimum Gasteiger partial charge on any atom is -0.351 e. The van der Waals surface area contributed by atoms with Gasteiger partial charge in [0.1, 0.15) is 0 Å². The van der Waals surface area contributed by atoms with Gasteiger partial charge in [-0.05, 0) is 26.0 Å². The molecule has 86 valence electrons. The van der Waals surface area contributed by atoms with Gasteiger partial charge < -0.3 is 9.88 Å².